The highest BCUT2D eigenvalue weighted by molar-refractivity contribution is 6.30. The van der Waals surface area contributed by atoms with Crippen molar-refractivity contribution < 1.29 is 14.3 Å². The van der Waals surface area contributed by atoms with Crippen LogP contribution in [0.25, 0.3) is 0 Å². The van der Waals surface area contributed by atoms with Gasteiger partial charge in [0, 0.05) is 24.7 Å². The lowest BCUT2D eigenvalue weighted by Crippen LogP contribution is -2.53. The summed E-state index contributed by atoms with van der Waals surface area (Å²) < 4.78 is 5.55. The standard InChI is InChI=1S/C18H23ClN2O3/c19-14-6-5-7-15(12-14)24-13-17(22)21-11-2-1-8-16(21)18(23)20-9-3-4-10-20/h5-7,12,16H,1-4,8-11,13H2. The number of benzene rings is 1. The van der Waals surface area contributed by atoms with Gasteiger partial charge in [-0.25, -0.2) is 0 Å². The maximum Gasteiger partial charge on any atom is 0.261 e. The van der Waals surface area contributed by atoms with Gasteiger partial charge in [0.05, 0.1) is 0 Å². The van der Waals surface area contributed by atoms with Gasteiger partial charge in [-0.3, -0.25) is 9.59 Å². The van der Waals surface area contributed by atoms with Crippen LogP contribution in [0.4, 0.5) is 0 Å². The fourth-order valence-electron chi connectivity index (χ4n) is 3.42. The number of amides is 2. The maximum atomic E-state index is 12.7. The Morgan fingerprint density at radius 1 is 1.12 bits per heavy atom. The Hall–Kier alpha value is -1.75. The number of piperidine rings is 1. The molecule has 2 aliphatic rings. The molecule has 0 aromatic heterocycles. The Balaban J connectivity index is 1.61. The first-order valence-corrected chi connectivity index (χ1v) is 8.99. The van der Waals surface area contributed by atoms with E-state index in [1.54, 1.807) is 29.2 Å². The largest absolute Gasteiger partial charge is 0.484 e. The van der Waals surface area contributed by atoms with E-state index in [0.29, 0.717) is 17.3 Å². The van der Waals surface area contributed by atoms with Gasteiger partial charge >= 0.3 is 0 Å². The van der Waals surface area contributed by atoms with E-state index in [1.165, 1.54) is 0 Å². The van der Waals surface area contributed by atoms with E-state index in [4.69, 9.17) is 16.3 Å². The van der Waals surface area contributed by atoms with Gasteiger partial charge in [0.2, 0.25) is 5.91 Å². The molecule has 2 amide bonds. The third-order valence-corrected chi connectivity index (χ3v) is 4.92. The summed E-state index contributed by atoms with van der Waals surface area (Å²) in [6, 6.07) is 6.65. The number of ether oxygens (including phenoxy) is 1. The van der Waals surface area contributed by atoms with Crippen LogP contribution in [0.3, 0.4) is 0 Å². The lowest BCUT2D eigenvalue weighted by molar-refractivity contribution is -0.148. The number of carbonyl (C=O) groups excluding carboxylic acids is 2. The van der Waals surface area contributed by atoms with Crippen molar-refractivity contribution in [3.63, 3.8) is 0 Å². The molecule has 130 valence electrons. The Kier molecular flexibility index (Phi) is 5.61. The molecule has 0 radical (unpaired) electrons. The SMILES string of the molecule is O=C(C1CCCCN1C(=O)COc1cccc(Cl)c1)N1CCCC1. The summed E-state index contributed by atoms with van der Waals surface area (Å²) in [5.74, 6) is 0.533. The molecule has 2 saturated heterocycles. The van der Waals surface area contributed by atoms with Crippen molar-refractivity contribution in [1.29, 1.82) is 0 Å². The van der Waals surface area contributed by atoms with Crippen LogP contribution in [0.2, 0.25) is 5.02 Å². The van der Waals surface area contributed by atoms with Gasteiger partial charge in [0.25, 0.3) is 5.91 Å². The van der Waals surface area contributed by atoms with Crippen LogP contribution in [-0.4, -0.2) is 53.9 Å². The van der Waals surface area contributed by atoms with E-state index < -0.39 is 0 Å². The number of carbonyl (C=O) groups is 2. The van der Waals surface area contributed by atoms with Crippen molar-refractivity contribution in [2.75, 3.05) is 26.2 Å². The molecule has 2 aliphatic heterocycles. The molecule has 24 heavy (non-hydrogen) atoms. The molecule has 1 atom stereocenters. The molecular formula is C18H23ClN2O3. The molecule has 1 unspecified atom stereocenters. The van der Waals surface area contributed by atoms with Gasteiger partial charge in [-0.2, -0.15) is 0 Å². The minimum Gasteiger partial charge on any atom is -0.484 e. The van der Waals surface area contributed by atoms with Gasteiger partial charge in [-0.1, -0.05) is 17.7 Å². The van der Waals surface area contributed by atoms with Crippen LogP contribution < -0.4 is 4.74 Å². The number of rotatable bonds is 4. The first kappa shape index (κ1) is 17.1. The van der Waals surface area contributed by atoms with Gasteiger partial charge < -0.3 is 14.5 Å². The van der Waals surface area contributed by atoms with E-state index in [1.807, 2.05) is 4.90 Å². The van der Waals surface area contributed by atoms with Crippen molar-refractivity contribution in [2.45, 2.75) is 38.1 Å². The summed E-state index contributed by atoms with van der Waals surface area (Å²) in [6.45, 7) is 2.19. The van der Waals surface area contributed by atoms with Gasteiger partial charge in [0.1, 0.15) is 11.8 Å². The summed E-state index contributed by atoms with van der Waals surface area (Å²) in [6.07, 6.45) is 4.79. The second kappa shape index (κ2) is 7.88. The van der Waals surface area contributed by atoms with Crippen molar-refractivity contribution in [1.82, 2.24) is 9.80 Å². The van der Waals surface area contributed by atoms with Crippen LogP contribution in [0.5, 0.6) is 5.75 Å². The third kappa shape index (κ3) is 4.01. The fourth-order valence-corrected chi connectivity index (χ4v) is 3.60. The quantitative estimate of drug-likeness (QED) is 0.839. The number of nitrogens with zero attached hydrogens (tertiary/aromatic N) is 2. The van der Waals surface area contributed by atoms with E-state index in [2.05, 4.69) is 0 Å². The summed E-state index contributed by atoms with van der Waals surface area (Å²) in [5, 5.41) is 0.569. The monoisotopic (exact) mass is 350 g/mol. The molecule has 0 spiro atoms. The molecule has 5 nitrogen and oxygen atoms in total. The van der Waals surface area contributed by atoms with Gasteiger partial charge in [0.15, 0.2) is 6.61 Å². The number of halogens is 1. The topological polar surface area (TPSA) is 49.9 Å². The zero-order chi connectivity index (χ0) is 16.9. The molecule has 0 N–H and O–H groups in total. The van der Waals surface area contributed by atoms with E-state index in [9.17, 15) is 9.59 Å². The molecule has 0 saturated carbocycles. The maximum absolute atomic E-state index is 12.7. The molecule has 2 heterocycles. The first-order valence-electron chi connectivity index (χ1n) is 8.62. The van der Waals surface area contributed by atoms with E-state index in [-0.39, 0.29) is 24.5 Å². The average Bonchev–Trinajstić information content (AvgIpc) is 3.14. The second-order valence-electron chi connectivity index (χ2n) is 6.38. The summed E-state index contributed by atoms with van der Waals surface area (Å²) in [4.78, 5) is 28.9. The molecule has 1 aromatic carbocycles. The van der Waals surface area contributed by atoms with Crippen LogP contribution in [0, 0.1) is 0 Å². The number of hydrogen-bond donors (Lipinski definition) is 0. The normalized spacial score (nSPS) is 21.0. The molecule has 0 aliphatic carbocycles. The zero-order valence-corrected chi connectivity index (χ0v) is 14.5. The Morgan fingerprint density at radius 2 is 1.88 bits per heavy atom. The summed E-state index contributed by atoms with van der Waals surface area (Å²) in [5.41, 5.74) is 0. The van der Waals surface area contributed by atoms with Crippen molar-refractivity contribution in [2.24, 2.45) is 0 Å². The highest BCUT2D eigenvalue weighted by atomic mass is 35.5. The third-order valence-electron chi connectivity index (χ3n) is 4.68. The van der Waals surface area contributed by atoms with Crippen LogP contribution in [-0.2, 0) is 9.59 Å². The highest BCUT2D eigenvalue weighted by Gasteiger charge is 2.35. The molecule has 1 aromatic rings. The Labute approximate surface area is 147 Å². The summed E-state index contributed by atoms with van der Waals surface area (Å²) in [7, 11) is 0. The molecule has 2 fully saturated rings. The van der Waals surface area contributed by atoms with Crippen LogP contribution in [0.1, 0.15) is 32.1 Å². The average molecular weight is 351 g/mol. The predicted molar refractivity (Wildman–Crippen MR) is 92.1 cm³/mol. The Bertz CT molecular complexity index is 602. The first-order chi connectivity index (χ1) is 11.6. The van der Waals surface area contributed by atoms with Crippen LogP contribution >= 0.6 is 11.6 Å². The van der Waals surface area contributed by atoms with Crippen molar-refractivity contribution >= 4 is 23.4 Å². The summed E-state index contributed by atoms with van der Waals surface area (Å²) >= 11 is 5.92. The lowest BCUT2D eigenvalue weighted by Gasteiger charge is -2.36. The highest BCUT2D eigenvalue weighted by Crippen LogP contribution is 2.22. The zero-order valence-electron chi connectivity index (χ0n) is 13.7. The molecule has 3 rings (SSSR count). The van der Waals surface area contributed by atoms with Crippen LogP contribution in [0.15, 0.2) is 24.3 Å². The smallest absolute Gasteiger partial charge is 0.261 e. The second-order valence-corrected chi connectivity index (χ2v) is 6.81. The predicted octanol–water partition coefficient (Wildman–Crippen LogP) is 2.72. The van der Waals surface area contributed by atoms with Crippen molar-refractivity contribution in [3.8, 4) is 5.75 Å². The van der Waals surface area contributed by atoms with Crippen molar-refractivity contribution in [3.05, 3.63) is 29.3 Å². The molecule has 0 bridgehead atoms. The van der Waals surface area contributed by atoms with Gasteiger partial charge in [-0.15, -0.1) is 0 Å². The molecular weight excluding hydrogens is 328 g/mol. The minimum absolute atomic E-state index is 0.0654. The minimum atomic E-state index is -0.327. The lowest BCUT2D eigenvalue weighted by atomic mass is 10.0. The number of likely N-dealkylation sites (tertiary alicyclic amines) is 2. The number of hydrogen-bond acceptors (Lipinski definition) is 3. The Morgan fingerprint density at radius 3 is 2.62 bits per heavy atom. The van der Waals surface area contributed by atoms with E-state index >= 15 is 0 Å². The molecule has 6 heteroatoms. The van der Waals surface area contributed by atoms with Gasteiger partial charge in [-0.05, 0) is 50.3 Å². The fraction of sp³-hybridized carbons (Fsp3) is 0.556. The van der Waals surface area contributed by atoms with E-state index in [0.717, 1.165) is 45.2 Å².